The van der Waals surface area contributed by atoms with Gasteiger partial charge in [-0.1, -0.05) is 41.8 Å². The molecule has 0 unspecified atom stereocenters. The fourth-order valence-corrected chi connectivity index (χ4v) is 3.03. The molecule has 1 heterocycles. The van der Waals surface area contributed by atoms with Crippen molar-refractivity contribution in [2.45, 2.75) is 13.5 Å². The van der Waals surface area contributed by atoms with Crippen molar-refractivity contribution in [1.29, 1.82) is 5.26 Å². The SMILES string of the molecule is C#CCn1cc(/C=C(/C#N)C(=O)Nc2cccc(Cl)c2C)c2ccccc21. The summed E-state index contributed by atoms with van der Waals surface area (Å²) < 4.78 is 1.91. The Hall–Kier alpha value is -3.47. The molecular weight excluding hydrogens is 358 g/mol. The predicted molar refractivity (Wildman–Crippen MR) is 109 cm³/mol. The molecule has 0 saturated carbocycles. The summed E-state index contributed by atoms with van der Waals surface area (Å²) in [6.07, 6.45) is 8.86. The number of hydrogen-bond acceptors (Lipinski definition) is 2. The number of terminal acetylenes is 1. The third-order valence-electron chi connectivity index (χ3n) is 4.26. The van der Waals surface area contributed by atoms with E-state index in [0.29, 0.717) is 17.3 Å². The molecule has 1 aromatic heterocycles. The number of nitriles is 1. The zero-order valence-electron chi connectivity index (χ0n) is 14.7. The van der Waals surface area contributed by atoms with Gasteiger partial charge in [-0.15, -0.1) is 6.42 Å². The topological polar surface area (TPSA) is 57.8 Å². The van der Waals surface area contributed by atoms with Crippen molar-refractivity contribution >= 4 is 40.2 Å². The molecule has 0 aliphatic carbocycles. The molecule has 132 valence electrons. The van der Waals surface area contributed by atoms with Gasteiger partial charge in [-0.3, -0.25) is 4.79 Å². The zero-order chi connectivity index (χ0) is 19.4. The first-order valence-corrected chi connectivity index (χ1v) is 8.62. The summed E-state index contributed by atoms with van der Waals surface area (Å²) in [6, 6.07) is 14.9. The molecule has 0 atom stereocenters. The molecule has 3 rings (SSSR count). The second-order valence-electron chi connectivity index (χ2n) is 5.97. The molecule has 27 heavy (non-hydrogen) atoms. The molecule has 0 spiro atoms. The molecule has 0 saturated heterocycles. The van der Waals surface area contributed by atoms with Crippen LogP contribution in [0, 0.1) is 30.6 Å². The highest BCUT2D eigenvalue weighted by molar-refractivity contribution is 6.31. The van der Waals surface area contributed by atoms with Crippen LogP contribution in [0.15, 0.2) is 54.2 Å². The van der Waals surface area contributed by atoms with E-state index in [2.05, 4.69) is 11.2 Å². The van der Waals surface area contributed by atoms with Crippen LogP contribution in [-0.2, 0) is 11.3 Å². The molecule has 4 nitrogen and oxygen atoms in total. The summed E-state index contributed by atoms with van der Waals surface area (Å²) in [4.78, 5) is 12.6. The summed E-state index contributed by atoms with van der Waals surface area (Å²) in [5, 5.41) is 13.7. The molecule has 1 N–H and O–H groups in total. The van der Waals surface area contributed by atoms with Gasteiger partial charge >= 0.3 is 0 Å². The van der Waals surface area contributed by atoms with E-state index in [9.17, 15) is 10.1 Å². The normalized spacial score (nSPS) is 11.0. The van der Waals surface area contributed by atoms with Gasteiger partial charge in [0.15, 0.2) is 0 Å². The van der Waals surface area contributed by atoms with Gasteiger partial charge < -0.3 is 9.88 Å². The number of carbonyl (C=O) groups excluding carboxylic acids is 1. The maximum absolute atomic E-state index is 12.6. The fourth-order valence-electron chi connectivity index (χ4n) is 2.86. The number of rotatable bonds is 4. The summed E-state index contributed by atoms with van der Waals surface area (Å²) in [5.41, 5.74) is 3.03. The number of aromatic nitrogens is 1. The van der Waals surface area contributed by atoms with E-state index in [1.807, 2.05) is 41.1 Å². The number of nitrogens with one attached hydrogen (secondary N) is 1. The van der Waals surface area contributed by atoms with Gasteiger partial charge in [-0.25, -0.2) is 0 Å². The van der Waals surface area contributed by atoms with E-state index in [1.54, 1.807) is 31.2 Å². The molecule has 0 radical (unpaired) electrons. The Morgan fingerprint density at radius 1 is 1.30 bits per heavy atom. The number of hydrogen-bond donors (Lipinski definition) is 1. The number of nitrogens with zero attached hydrogens (tertiary/aromatic N) is 2. The van der Waals surface area contributed by atoms with Gasteiger partial charge in [0.25, 0.3) is 5.91 Å². The van der Waals surface area contributed by atoms with Crippen LogP contribution in [0.5, 0.6) is 0 Å². The highest BCUT2D eigenvalue weighted by Crippen LogP contribution is 2.25. The number of amides is 1. The van der Waals surface area contributed by atoms with E-state index in [-0.39, 0.29) is 5.57 Å². The van der Waals surface area contributed by atoms with E-state index in [4.69, 9.17) is 18.0 Å². The first-order chi connectivity index (χ1) is 13.0. The zero-order valence-corrected chi connectivity index (χ0v) is 15.4. The third-order valence-corrected chi connectivity index (χ3v) is 4.67. The average molecular weight is 374 g/mol. The standard InChI is InChI=1S/C22H16ClN3O/c1-3-11-26-14-17(18-7-4-5-10-21(18)26)12-16(13-24)22(27)25-20-9-6-8-19(23)15(20)2/h1,4-10,12,14H,11H2,2H3,(H,25,27)/b16-12-. The summed E-state index contributed by atoms with van der Waals surface area (Å²) in [6.45, 7) is 2.21. The highest BCUT2D eigenvalue weighted by atomic mass is 35.5. The Morgan fingerprint density at radius 2 is 2.07 bits per heavy atom. The lowest BCUT2D eigenvalue weighted by atomic mass is 10.1. The van der Waals surface area contributed by atoms with E-state index in [1.165, 1.54) is 0 Å². The Kier molecular flexibility index (Phi) is 5.31. The Bertz CT molecular complexity index is 1140. The van der Waals surface area contributed by atoms with Gasteiger partial charge in [0.05, 0.1) is 6.54 Å². The summed E-state index contributed by atoms with van der Waals surface area (Å²) >= 11 is 6.09. The Balaban J connectivity index is 1.99. The summed E-state index contributed by atoms with van der Waals surface area (Å²) in [5.74, 6) is 2.12. The van der Waals surface area contributed by atoms with Crippen molar-refractivity contribution in [1.82, 2.24) is 4.57 Å². The van der Waals surface area contributed by atoms with E-state index in [0.717, 1.165) is 22.0 Å². The van der Waals surface area contributed by atoms with Crippen molar-refractivity contribution < 1.29 is 4.79 Å². The van der Waals surface area contributed by atoms with Crippen LogP contribution in [0.3, 0.4) is 0 Å². The van der Waals surface area contributed by atoms with Crippen LogP contribution in [0.1, 0.15) is 11.1 Å². The number of carbonyl (C=O) groups is 1. The second kappa shape index (κ2) is 7.83. The largest absolute Gasteiger partial charge is 0.335 e. The first kappa shape index (κ1) is 18.3. The maximum atomic E-state index is 12.6. The van der Waals surface area contributed by atoms with Crippen molar-refractivity contribution in [3.63, 3.8) is 0 Å². The van der Waals surface area contributed by atoms with Gasteiger partial charge in [-0.2, -0.15) is 5.26 Å². The monoisotopic (exact) mass is 373 g/mol. The number of anilines is 1. The highest BCUT2D eigenvalue weighted by Gasteiger charge is 2.14. The maximum Gasteiger partial charge on any atom is 0.266 e. The van der Waals surface area contributed by atoms with Crippen LogP contribution in [0.4, 0.5) is 5.69 Å². The molecule has 0 aliphatic heterocycles. The van der Waals surface area contributed by atoms with Crippen molar-refractivity contribution in [2.75, 3.05) is 5.32 Å². The quantitative estimate of drug-likeness (QED) is 0.406. The average Bonchev–Trinajstić information content (AvgIpc) is 3.01. The molecule has 1 amide bonds. The number of halogens is 1. The molecule has 2 aromatic carbocycles. The van der Waals surface area contributed by atoms with Gasteiger partial charge in [-0.05, 0) is 36.8 Å². The van der Waals surface area contributed by atoms with Crippen molar-refractivity contribution in [2.24, 2.45) is 0 Å². The van der Waals surface area contributed by atoms with Crippen LogP contribution in [-0.4, -0.2) is 10.5 Å². The minimum absolute atomic E-state index is 0.00186. The number of fused-ring (bicyclic) bond motifs is 1. The Morgan fingerprint density at radius 3 is 2.81 bits per heavy atom. The third kappa shape index (κ3) is 3.72. The molecule has 0 aliphatic rings. The van der Waals surface area contributed by atoms with E-state index >= 15 is 0 Å². The molecule has 5 heteroatoms. The molecular formula is C22H16ClN3O. The van der Waals surface area contributed by atoms with E-state index < -0.39 is 5.91 Å². The van der Waals surface area contributed by atoms with Crippen molar-refractivity contribution in [3.8, 4) is 18.4 Å². The minimum Gasteiger partial charge on any atom is -0.335 e. The van der Waals surface area contributed by atoms with Crippen LogP contribution in [0.2, 0.25) is 5.02 Å². The number of benzene rings is 2. The second-order valence-corrected chi connectivity index (χ2v) is 6.38. The van der Waals surface area contributed by atoms with Gasteiger partial charge in [0.1, 0.15) is 11.6 Å². The molecule has 3 aromatic rings. The Labute approximate surface area is 162 Å². The molecule has 0 bridgehead atoms. The van der Waals surface area contributed by atoms with Gasteiger partial charge in [0.2, 0.25) is 0 Å². The van der Waals surface area contributed by atoms with Crippen LogP contribution < -0.4 is 5.32 Å². The van der Waals surface area contributed by atoms with Crippen LogP contribution >= 0.6 is 11.6 Å². The minimum atomic E-state index is -0.489. The van der Waals surface area contributed by atoms with Crippen molar-refractivity contribution in [3.05, 3.63) is 70.4 Å². The predicted octanol–water partition coefficient (Wildman–Crippen LogP) is 4.78. The fraction of sp³-hybridized carbons (Fsp3) is 0.0909. The van der Waals surface area contributed by atoms with Gasteiger partial charge in [0, 0.05) is 33.4 Å². The van der Waals surface area contributed by atoms with Crippen LogP contribution in [0.25, 0.3) is 17.0 Å². The first-order valence-electron chi connectivity index (χ1n) is 8.24. The summed E-state index contributed by atoms with van der Waals surface area (Å²) in [7, 11) is 0. The lowest BCUT2D eigenvalue weighted by molar-refractivity contribution is -0.112. The lowest BCUT2D eigenvalue weighted by Crippen LogP contribution is -2.14. The number of para-hydroxylation sites is 1. The smallest absolute Gasteiger partial charge is 0.266 e. The molecule has 0 fully saturated rings. The lowest BCUT2D eigenvalue weighted by Gasteiger charge is -2.08.